The maximum atomic E-state index is 11.1. The van der Waals surface area contributed by atoms with E-state index >= 15 is 0 Å². The van der Waals surface area contributed by atoms with E-state index in [1.165, 1.54) is 46.9 Å². The summed E-state index contributed by atoms with van der Waals surface area (Å²) in [6.07, 6.45) is 1.45. The van der Waals surface area contributed by atoms with E-state index in [0.29, 0.717) is 28.7 Å². The Kier molecular flexibility index (Phi) is 24.5. The Hall–Kier alpha value is -7.82. The van der Waals surface area contributed by atoms with Crippen LogP contribution >= 0.6 is 0 Å². The maximum absolute atomic E-state index is 11.1. The summed E-state index contributed by atoms with van der Waals surface area (Å²) in [7, 11) is 5.34. The number of ether oxygens (including phenoxy) is 8. The fourth-order valence-electron chi connectivity index (χ4n) is 9.44. The first kappa shape index (κ1) is 69.0. The summed E-state index contributed by atoms with van der Waals surface area (Å²) in [5.74, 6) is -3.30. The van der Waals surface area contributed by atoms with Crippen molar-refractivity contribution < 1.29 is 103 Å². The van der Waals surface area contributed by atoms with E-state index in [4.69, 9.17) is 76.8 Å². The van der Waals surface area contributed by atoms with Gasteiger partial charge in [-0.05, 0) is 33.8 Å². The summed E-state index contributed by atoms with van der Waals surface area (Å²) in [5.41, 5.74) is 28.6. The van der Waals surface area contributed by atoms with Crippen molar-refractivity contribution in [3.05, 3.63) is 95.2 Å². The van der Waals surface area contributed by atoms with Crippen molar-refractivity contribution in [1.82, 2.24) is 47.8 Å². The highest BCUT2D eigenvalue weighted by molar-refractivity contribution is 5.94. The van der Waals surface area contributed by atoms with Crippen molar-refractivity contribution in [3.8, 4) is 5.88 Å². The number of nitrogens with two attached hydrogens (primary N) is 5. The van der Waals surface area contributed by atoms with Gasteiger partial charge in [0.05, 0.1) is 50.0 Å². The molecule has 0 bridgehead atoms. The molecule has 4 fully saturated rings. The van der Waals surface area contributed by atoms with Crippen molar-refractivity contribution in [1.29, 1.82) is 0 Å². The Morgan fingerprint density at radius 2 is 0.884 bits per heavy atom. The summed E-state index contributed by atoms with van der Waals surface area (Å²) in [4.78, 5) is 74.4. The zero-order chi connectivity index (χ0) is 64.2. The Morgan fingerprint density at radius 3 is 1.20 bits per heavy atom. The van der Waals surface area contributed by atoms with Crippen molar-refractivity contribution in [2.75, 3.05) is 35.0 Å². The van der Waals surface area contributed by atoms with E-state index in [0.717, 1.165) is 31.3 Å². The third-order valence-corrected chi connectivity index (χ3v) is 14.0. The van der Waals surface area contributed by atoms with Crippen LogP contribution in [0.3, 0.4) is 0 Å². The molecule has 5 aromatic heterocycles. The molecule has 10 heterocycles. The van der Waals surface area contributed by atoms with Gasteiger partial charge >= 0.3 is 0 Å². The van der Waals surface area contributed by atoms with Crippen molar-refractivity contribution in [3.63, 3.8) is 0 Å². The molecular weight excluding hydrogens is 1150 g/mol. The Morgan fingerprint density at radius 1 is 0.523 bits per heavy atom. The molecule has 0 aliphatic carbocycles. The van der Waals surface area contributed by atoms with Crippen LogP contribution in [0, 0.1) is 33.6 Å². The number of nitrogens with zero attached hydrogens (tertiary/aromatic N) is 10. The summed E-state index contributed by atoms with van der Waals surface area (Å²) < 4.78 is 49.7. The molecule has 36 heteroatoms. The van der Waals surface area contributed by atoms with Crippen LogP contribution in [0.25, 0.3) is 0 Å². The largest absolute Gasteiger partial charge is 0.493 e. The molecule has 5 aliphatic heterocycles. The lowest BCUT2D eigenvalue weighted by atomic mass is 10.1. The molecule has 0 spiro atoms. The van der Waals surface area contributed by atoms with E-state index in [1.807, 2.05) is 10.6 Å². The van der Waals surface area contributed by atoms with Crippen LogP contribution in [0.2, 0.25) is 0 Å². The molecular formula is C50H75N15O21. The van der Waals surface area contributed by atoms with Crippen molar-refractivity contribution in [2.45, 2.75) is 141 Å². The van der Waals surface area contributed by atoms with E-state index in [9.17, 15) is 54.6 Å². The highest BCUT2D eigenvalue weighted by Gasteiger charge is 2.46. The first-order valence-electron chi connectivity index (χ1n) is 26.1. The monoisotopic (exact) mass is 1220 g/mol. The third kappa shape index (κ3) is 15.2. The van der Waals surface area contributed by atoms with Gasteiger partial charge in [-0.15, -0.1) is 0 Å². The van der Waals surface area contributed by atoms with Crippen molar-refractivity contribution >= 4 is 29.5 Å². The maximum Gasteiger partial charge on any atom is 0.272 e. The Bertz CT molecular complexity index is 2950. The van der Waals surface area contributed by atoms with E-state index in [1.54, 1.807) is 58.3 Å². The number of aliphatic hydroxyl groups is 7. The summed E-state index contributed by atoms with van der Waals surface area (Å²) >= 11 is 0. The van der Waals surface area contributed by atoms with Gasteiger partial charge < -0.3 is 121 Å². The van der Waals surface area contributed by atoms with Crippen LogP contribution in [0.15, 0.2) is 44.0 Å². The smallest absolute Gasteiger partial charge is 0.272 e. The molecule has 0 saturated carbocycles. The lowest BCUT2D eigenvalue weighted by Gasteiger charge is -2.17. The summed E-state index contributed by atoms with van der Waals surface area (Å²) in [6.45, 7) is 8.59. The van der Waals surface area contributed by atoms with Gasteiger partial charge in [-0.1, -0.05) is 6.92 Å². The highest BCUT2D eigenvalue weighted by Crippen LogP contribution is 2.36. The number of methoxy groups -OCH3 is 3. The van der Waals surface area contributed by atoms with Crippen LogP contribution in [0.4, 0.5) is 0 Å². The number of carbonyl (C=O) groups excluding carboxylic acids is 5. The summed E-state index contributed by atoms with van der Waals surface area (Å²) in [6, 6.07) is 0. The molecule has 15 atom stereocenters. The molecule has 5 amide bonds. The number of hydrogen-bond acceptors (Lipinski definition) is 26. The SMILES string of the molecule is CO.CO[C@H]1O[C@@H](n2cnc(C(N)=O)c2C)C[C@@H]1C.CO[C@H]1O[C@@H](n2cnc(C(N)=O)c2C)[C@H](O)[C@@H]1O.CO[C@H]1O[C@@H](n2cnc(C(N)=O)c2C)[C@H](O)[C@@H]1O.Cc1c(C(N)=O)ncn1[C@H]1CC=CO1.NC(=O)c1ncn([C@H]2C[C@H](O)[C@@H](CO)O2)c1O. The van der Waals surface area contributed by atoms with Gasteiger partial charge in [0.25, 0.3) is 29.5 Å². The van der Waals surface area contributed by atoms with Crippen LogP contribution < -0.4 is 28.7 Å². The van der Waals surface area contributed by atoms with Crippen LogP contribution in [0.5, 0.6) is 5.88 Å². The normalized spacial score (nSPS) is 27.8. The van der Waals surface area contributed by atoms with E-state index in [2.05, 4.69) is 31.8 Å². The van der Waals surface area contributed by atoms with Gasteiger partial charge in [0.2, 0.25) is 5.88 Å². The zero-order valence-electron chi connectivity index (χ0n) is 48.3. The minimum absolute atomic E-state index is 0.0874. The second-order valence-corrected chi connectivity index (χ2v) is 19.4. The number of rotatable bonds is 14. The lowest BCUT2D eigenvalue weighted by molar-refractivity contribution is -0.161. The molecule has 5 aromatic rings. The van der Waals surface area contributed by atoms with Crippen LogP contribution in [0.1, 0.15) is 133 Å². The van der Waals surface area contributed by atoms with E-state index in [-0.39, 0.29) is 48.9 Å². The number of aromatic hydroxyl groups is 1. The predicted octanol–water partition coefficient (Wildman–Crippen LogP) is -3.50. The fourth-order valence-corrected chi connectivity index (χ4v) is 9.44. The molecule has 0 unspecified atom stereocenters. The number of imidazole rings is 5. The average Bonchev–Trinajstić information content (AvgIpc) is 2.36. The fraction of sp³-hybridized carbons (Fsp3) is 0.560. The topological polar surface area (TPSA) is 540 Å². The predicted molar refractivity (Wildman–Crippen MR) is 289 cm³/mol. The second kappa shape index (κ2) is 30.5. The minimum atomic E-state index is -1.18. The molecule has 5 aliphatic rings. The Labute approximate surface area is 490 Å². The van der Waals surface area contributed by atoms with E-state index < -0.39 is 103 Å². The van der Waals surface area contributed by atoms with Gasteiger partial charge in [0.1, 0.15) is 72.1 Å². The molecule has 18 N–H and O–H groups in total. The number of aliphatic hydroxyl groups excluding tert-OH is 7. The number of carbonyl (C=O) groups is 5. The second-order valence-electron chi connectivity index (χ2n) is 19.4. The molecule has 86 heavy (non-hydrogen) atoms. The van der Waals surface area contributed by atoms with Crippen LogP contribution in [-0.4, -0.2) is 209 Å². The van der Waals surface area contributed by atoms with Gasteiger partial charge in [0.15, 0.2) is 43.2 Å². The zero-order valence-corrected chi connectivity index (χ0v) is 48.3. The first-order valence-corrected chi connectivity index (χ1v) is 26.1. The molecule has 0 aromatic carbocycles. The highest BCUT2D eigenvalue weighted by atomic mass is 16.7. The number of amides is 5. The van der Waals surface area contributed by atoms with Gasteiger partial charge in [-0.25, -0.2) is 24.9 Å². The third-order valence-electron chi connectivity index (χ3n) is 14.0. The number of primary amides is 5. The average molecular weight is 1220 g/mol. The molecule has 36 nitrogen and oxygen atoms in total. The molecule has 0 radical (unpaired) electrons. The quantitative estimate of drug-likeness (QED) is 0.0513. The van der Waals surface area contributed by atoms with Crippen molar-refractivity contribution in [2.24, 2.45) is 34.6 Å². The Balaban J connectivity index is 0.000000195. The van der Waals surface area contributed by atoms with Gasteiger partial charge in [0, 0.05) is 70.7 Å². The van der Waals surface area contributed by atoms with Gasteiger partial charge in [-0.3, -0.25) is 33.1 Å². The summed E-state index contributed by atoms with van der Waals surface area (Å²) in [5, 5.41) is 74.2. The molecule has 10 rings (SSSR count). The minimum Gasteiger partial charge on any atom is -0.493 e. The number of hydrogen-bond donors (Lipinski definition) is 13. The standard InChI is InChI=1S/C11H17N3O3.2C10H15N3O5.C9H13N3O5.C9H11N3O2.CH4O/c1-6-4-8(17-11(6)16-3)14-5-13-9(7(14)2)10(12)15;2*1-4-5(8(11)16)12-3-13(4)9-6(14)7(15)10(17-2)18-9;10-8(15)7-9(16)12(3-11-7)6-1-4(14)5(2-13)17-6;1-6-8(9(10)13)11-5-12(6)7-3-2-4-14-7;1-2/h5-6,8,11H,4H2,1-3H3,(H2,12,15);2*3,6-7,9-10,14-15H,1-2H3,(H2,11,16);3-6,13-14,16H,1-2H2,(H2,10,15);2,4-5,7H,3H2,1H3,(H2,10,13);2H,1H3/t6-,8+,11-;2*6-,7+,9-,10+;4-,5+,6+;7-;/m01101./s1. The van der Waals surface area contributed by atoms with Crippen LogP contribution in [-0.2, 0) is 37.9 Å². The lowest BCUT2D eigenvalue weighted by Crippen LogP contribution is -2.32. The molecule has 476 valence electrons. The number of aromatic nitrogens is 10. The first-order chi connectivity index (χ1) is 40.7. The molecule has 4 saturated heterocycles. The van der Waals surface area contributed by atoms with Gasteiger partial charge in [-0.2, -0.15) is 0 Å².